The third-order valence-corrected chi connectivity index (χ3v) is 3.87. The molecule has 0 spiro atoms. The molecule has 1 amide bonds. The number of anilines is 1. The summed E-state index contributed by atoms with van der Waals surface area (Å²) < 4.78 is 1.95. The van der Waals surface area contributed by atoms with Crippen LogP contribution >= 0.6 is 11.3 Å². The number of nitrogens with zero attached hydrogens (tertiary/aromatic N) is 3. The number of aromatic nitrogens is 3. The van der Waals surface area contributed by atoms with Gasteiger partial charge in [-0.15, -0.1) is 11.3 Å². The summed E-state index contributed by atoms with van der Waals surface area (Å²) in [6.45, 7) is 3.92. The van der Waals surface area contributed by atoms with Gasteiger partial charge in [0.25, 0.3) is 5.91 Å². The lowest BCUT2D eigenvalue weighted by atomic mass is 10.3. The molecule has 0 unspecified atom stereocenters. The molecule has 102 valence electrons. The Morgan fingerprint density at radius 1 is 1.40 bits per heavy atom. The molecule has 0 aliphatic carbocycles. The number of nitrogens with one attached hydrogen (secondary N) is 1. The summed E-state index contributed by atoms with van der Waals surface area (Å²) in [6.07, 6.45) is 2.69. The second-order valence-electron chi connectivity index (χ2n) is 4.43. The lowest BCUT2D eigenvalue weighted by molar-refractivity contribution is 0.102. The zero-order chi connectivity index (χ0) is 14.1. The second kappa shape index (κ2) is 5.05. The van der Waals surface area contributed by atoms with Gasteiger partial charge >= 0.3 is 0 Å². The molecule has 3 heterocycles. The van der Waals surface area contributed by atoms with Crippen molar-refractivity contribution in [1.82, 2.24) is 14.4 Å². The molecule has 0 bridgehead atoms. The van der Waals surface area contributed by atoms with Crippen LogP contribution in [-0.4, -0.2) is 20.3 Å². The van der Waals surface area contributed by atoms with Crippen LogP contribution in [0, 0.1) is 6.92 Å². The number of carbonyl (C=O) groups is 1. The first kappa shape index (κ1) is 12.8. The average Bonchev–Trinajstić information content (AvgIpc) is 3.02. The number of carbonyl (C=O) groups excluding carboxylic acids is 1. The van der Waals surface area contributed by atoms with E-state index in [-0.39, 0.29) is 5.91 Å². The zero-order valence-electron chi connectivity index (χ0n) is 11.3. The van der Waals surface area contributed by atoms with Crippen molar-refractivity contribution in [2.24, 2.45) is 0 Å². The molecule has 3 aromatic rings. The molecule has 0 aliphatic rings. The van der Waals surface area contributed by atoms with Crippen LogP contribution in [0.2, 0.25) is 0 Å². The number of hydrogen-bond acceptors (Lipinski definition) is 4. The van der Waals surface area contributed by atoms with E-state index in [1.807, 2.05) is 48.0 Å². The standard InChI is InChI=1S/C14H14N4OS/c1-3-11-16-12(10-6-4-5-7-18(10)11)13(19)17-14-15-9(2)8-20-14/h4-8H,3H2,1-2H3,(H,15,17,19). The third kappa shape index (κ3) is 2.18. The van der Waals surface area contributed by atoms with Crippen molar-refractivity contribution in [1.29, 1.82) is 0 Å². The Hall–Kier alpha value is -2.21. The summed E-state index contributed by atoms with van der Waals surface area (Å²) >= 11 is 1.41. The van der Waals surface area contributed by atoms with Gasteiger partial charge < -0.3 is 4.40 Å². The fourth-order valence-corrected chi connectivity index (χ4v) is 2.77. The summed E-state index contributed by atoms with van der Waals surface area (Å²) in [4.78, 5) is 21.0. The van der Waals surface area contributed by atoms with E-state index in [1.165, 1.54) is 11.3 Å². The molecule has 20 heavy (non-hydrogen) atoms. The summed E-state index contributed by atoms with van der Waals surface area (Å²) in [5.41, 5.74) is 2.15. The van der Waals surface area contributed by atoms with Gasteiger partial charge in [0.2, 0.25) is 0 Å². The maximum Gasteiger partial charge on any atom is 0.278 e. The summed E-state index contributed by atoms with van der Waals surface area (Å²) in [6, 6.07) is 5.73. The molecule has 0 radical (unpaired) electrons. The van der Waals surface area contributed by atoms with Gasteiger partial charge in [0.05, 0.1) is 11.2 Å². The number of fused-ring (bicyclic) bond motifs is 1. The molecule has 5 nitrogen and oxygen atoms in total. The monoisotopic (exact) mass is 286 g/mol. The van der Waals surface area contributed by atoms with Gasteiger partial charge in [-0.1, -0.05) is 13.0 Å². The van der Waals surface area contributed by atoms with Gasteiger partial charge in [-0.05, 0) is 19.1 Å². The first-order valence-corrected chi connectivity index (χ1v) is 7.26. The lowest BCUT2D eigenvalue weighted by Crippen LogP contribution is -2.12. The molecule has 0 aliphatic heterocycles. The topological polar surface area (TPSA) is 59.3 Å². The number of pyridine rings is 1. The summed E-state index contributed by atoms with van der Waals surface area (Å²) in [7, 11) is 0. The lowest BCUT2D eigenvalue weighted by Gasteiger charge is -1.99. The Bertz CT molecular complexity index is 774. The number of rotatable bonds is 3. The molecule has 6 heteroatoms. The van der Waals surface area contributed by atoms with Crippen LogP contribution in [0.25, 0.3) is 5.52 Å². The average molecular weight is 286 g/mol. The predicted octanol–water partition coefficient (Wildman–Crippen LogP) is 2.91. The van der Waals surface area contributed by atoms with Gasteiger partial charge in [-0.25, -0.2) is 9.97 Å². The Morgan fingerprint density at radius 3 is 2.95 bits per heavy atom. The number of imidazole rings is 1. The van der Waals surface area contributed by atoms with Crippen LogP contribution in [0.1, 0.15) is 28.9 Å². The van der Waals surface area contributed by atoms with Crippen molar-refractivity contribution in [3.05, 3.63) is 47.0 Å². The van der Waals surface area contributed by atoms with E-state index < -0.39 is 0 Å². The molecule has 0 fully saturated rings. The van der Waals surface area contributed by atoms with Gasteiger partial charge in [0.1, 0.15) is 5.82 Å². The molecule has 3 rings (SSSR count). The van der Waals surface area contributed by atoms with E-state index in [0.29, 0.717) is 10.8 Å². The maximum atomic E-state index is 12.3. The van der Waals surface area contributed by atoms with E-state index in [9.17, 15) is 4.79 Å². The molecular weight excluding hydrogens is 272 g/mol. The molecular formula is C14H14N4OS. The van der Waals surface area contributed by atoms with Crippen molar-refractivity contribution in [3.63, 3.8) is 0 Å². The number of hydrogen-bond donors (Lipinski definition) is 1. The second-order valence-corrected chi connectivity index (χ2v) is 5.29. The van der Waals surface area contributed by atoms with Crippen LogP contribution in [0.15, 0.2) is 29.8 Å². The van der Waals surface area contributed by atoms with Crippen LogP contribution in [0.5, 0.6) is 0 Å². The molecule has 3 aromatic heterocycles. The van der Waals surface area contributed by atoms with E-state index in [0.717, 1.165) is 23.5 Å². The molecule has 0 saturated carbocycles. The first-order chi connectivity index (χ1) is 9.69. The molecule has 0 atom stereocenters. The minimum absolute atomic E-state index is 0.220. The normalized spacial score (nSPS) is 10.9. The highest BCUT2D eigenvalue weighted by atomic mass is 32.1. The number of amides is 1. The molecule has 0 aromatic carbocycles. The highest BCUT2D eigenvalue weighted by Gasteiger charge is 2.17. The Morgan fingerprint density at radius 2 is 2.25 bits per heavy atom. The summed E-state index contributed by atoms with van der Waals surface area (Å²) in [5.74, 6) is 0.656. The molecule has 0 saturated heterocycles. The van der Waals surface area contributed by atoms with Crippen LogP contribution in [0.4, 0.5) is 5.13 Å². The van der Waals surface area contributed by atoms with E-state index in [2.05, 4.69) is 15.3 Å². The highest BCUT2D eigenvalue weighted by molar-refractivity contribution is 7.13. The smallest absolute Gasteiger partial charge is 0.278 e. The SMILES string of the molecule is CCc1nc(C(=O)Nc2nc(C)cs2)c2ccccn12. The van der Waals surface area contributed by atoms with Crippen molar-refractivity contribution >= 4 is 27.9 Å². The Kier molecular flexibility index (Phi) is 3.23. The van der Waals surface area contributed by atoms with E-state index in [1.54, 1.807) is 0 Å². The fraction of sp³-hybridized carbons (Fsp3) is 0.214. The van der Waals surface area contributed by atoms with Crippen molar-refractivity contribution in [2.75, 3.05) is 5.32 Å². The van der Waals surface area contributed by atoms with Crippen molar-refractivity contribution < 1.29 is 4.79 Å². The largest absolute Gasteiger partial charge is 0.303 e. The van der Waals surface area contributed by atoms with Gasteiger partial charge in [0.15, 0.2) is 10.8 Å². The Labute approximate surface area is 120 Å². The summed E-state index contributed by atoms with van der Waals surface area (Å²) in [5, 5.41) is 5.30. The van der Waals surface area contributed by atoms with E-state index in [4.69, 9.17) is 0 Å². The van der Waals surface area contributed by atoms with E-state index >= 15 is 0 Å². The van der Waals surface area contributed by atoms with Crippen molar-refractivity contribution in [3.8, 4) is 0 Å². The fourth-order valence-electron chi connectivity index (χ4n) is 2.09. The van der Waals surface area contributed by atoms with Crippen molar-refractivity contribution in [2.45, 2.75) is 20.3 Å². The van der Waals surface area contributed by atoms with Gasteiger partial charge in [-0.3, -0.25) is 10.1 Å². The van der Waals surface area contributed by atoms with Crippen LogP contribution in [0.3, 0.4) is 0 Å². The first-order valence-electron chi connectivity index (χ1n) is 6.38. The van der Waals surface area contributed by atoms with Crippen LogP contribution < -0.4 is 5.32 Å². The highest BCUT2D eigenvalue weighted by Crippen LogP contribution is 2.18. The zero-order valence-corrected chi connectivity index (χ0v) is 12.1. The predicted molar refractivity (Wildman–Crippen MR) is 79.4 cm³/mol. The Balaban J connectivity index is 1.99. The number of thiazole rings is 1. The maximum absolute atomic E-state index is 12.3. The quantitative estimate of drug-likeness (QED) is 0.805. The third-order valence-electron chi connectivity index (χ3n) is 2.99. The molecule has 1 N–H and O–H groups in total. The minimum atomic E-state index is -0.220. The number of aryl methyl sites for hydroxylation is 2. The van der Waals surface area contributed by atoms with Gasteiger partial charge in [-0.2, -0.15) is 0 Å². The van der Waals surface area contributed by atoms with Crippen LogP contribution in [-0.2, 0) is 6.42 Å². The minimum Gasteiger partial charge on any atom is -0.303 e. The van der Waals surface area contributed by atoms with Gasteiger partial charge in [0, 0.05) is 18.0 Å².